The summed E-state index contributed by atoms with van der Waals surface area (Å²) in [4.78, 5) is 73.1. The first kappa shape index (κ1) is 99.5. The topological polar surface area (TPSA) is 237 Å². The van der Waals surface area contributed by atoms with E-state index in [1.807, 2.05) is 0 Å². The van der Waals surface area contributed by atoms with E-state index >= 15 is 0 Å². The van der Waals surface area contributed by atoms with E-state index in [0.29, 0.717) is 25.7 Å². The molecule has 0 radical (unpaired) electrons. The molecular weight excluding hydrogens is 1330 g/mol. The smallest absolute Gasteiger partial charge is 0.462 e. The Hall–Kier alpha value is -2.46. The third-order valence-corrected chi connectivity index (χ3v) is 21.0. The number of aliphatic hydroxyl groups is 1. The zero-order valence-corrected chi connectivity index (χ0v) is 68.4. The number of hydrogen-bond donors (Lipinski definition) is 3. The van der Waals surface area contributed by atoms with Crippen molar-refractivity contribution in [2.45, 2.75) is 426 Å². The molecule has 0 aliphatic carbocycles. The molecule has 17 nitrogen and oxygen atoms in total. The minimum Gasteiger partial charge on any atom is -0.462 e. The summed E-state index contributed by atoms with van der Waals surface area (Å²) in [5, 5.41) is 10.6. The zero-order valence-electron chi connectivity index (χ0n) is 66.6. The molecule has 602 valence electrons. The number of carbonyl (C=O) groups excluding carboxylic acids is 4. The normalized spacial score (nSPS) is 14.4. The lowest BCUT2D eigenvalue weighted by atomic mass is 9.99. The Morgan fingerprint density at radius 2 is 0.578 bits per heavy atom. The van der Waals surface area contributed by atoms with Gasteiger partial charge in [-0.15, -0.1) is 0 Å². The number of esters is 4. The lowest BCUT2D eigenvalue weighted by molar-refractivity contribution is -0.161. The molecule has 6 atom stereocenters. The summed E-state index contributed by atoms with van der Waals surface area (Å²) in [7, 11) is -9.94. The number of allylic oxidation sites excluding steroid dienone is 4. The first-order valence-electron chi connectivity index (χ1n) is 42.2. The number of rotatable bonds is 79. The highest BCUT2D eigenvalue weighted by molar-refractivity contribution is 7.47. The van der Waals surface area contributed by atoms with E-state index < -0.39 is 97.5 Å². The van der Waals surface area contributed by atoms with E-state index in [2.05, 4.69) is 72.8 Å². The second-order valence-electron chi connectivity index (χ2n) is 30.4. The molecule has 0 saturated carbocycles. The molecule has 0 rings (SSSR count). The van der Waals surface area contributed by atoms with Gasteiger partial charge in [-0.1, -0.05) is 355 Å². The maximum absolute atomic E-state index is 13.1. The van der Waals surface area contributed by atoms with Crippen LogP contribution in [0.5, 0.6) is 0 Å². The molecule has 3 N–H and O–H groups in total. The Bertz CT molecular complexity index is 2070. The molecule has 0 bridgehead atoms. The molecule has 0 aromatic heterocycles. The fourth-order valence-electron chi connectivity index (χ4n) is 12.3. The fourth-order valence-corrected chi connectivity index (χ4v) is 13.8. The van der Waals surface area contributed by atoms with Gasteiger partial charge in [0.15, 0.2) is 12.2 Å². The minimum absolute atomic E-state index is 0.101. The molecule has 0 aromatic rings. The fraction of sp³-hybridized carbons (Fsp3) is 0.904. The number of phosphoric acid groups is 2. The van der Waals surface area contributed by atoms with Gasteiger partial charge in [-0.2, -0.15) is 0 Å². The second-order valence-corrected chi connectivity index (χ2v) is 33.3. The van der Waals surface area contributed by atoms with Crippen LogP contribution < -0.4 is 0 Å². The van der Waals surface area contributed by atoms with Crippen LogP contribution in [-0.4, -0.2) is 96.7 Å². The van der Waals surface area contributed by atoms with E-state index in [9.17, 15) is 43.2 Å². The molecule has 19 heteroatoms. The van der Waals surface area contributed by atoms with Gasteiger partial charge in [0.05, 0.1) is 26.4 Å². The van der Waals surface area contributed by atoms with Crippen molar-refractivity contribution >= 4 is 39.5 Å². The summed E-state index contributed by atoms with van der Waals surface area (Å²) in [5.41, 5.74) is 0. The van der Waals surface area contributed by atoms with Gasteiger partial charge in [0, 0.05) is 25.7 Å². The molecule has 0 amide bonds. The summed E-state index contributed by atoms with van der Waals surface area (Å²) in [6.07, 6.45) is 64.6. The van der Waals surface area contributed by atoms with Crippen LogP contribution in [0.2, 0.25) is 0 Å². The molecule has 0 heterocycles. The highest BCUT2D eigenvalue weighted by atomic mass is 31.2. The van der Waals surface area contributed by atoms with Gasteiger partial charge in [-0.3, -0.25) is 37.3 Å². The van der Waals surface area contributed by atoms with Gasteiger partial charge in [-0.05, 0) is 69.1 Å². The Kier molecular flexibility index (Phi) is 71.0. The van der Waals surface area contributed by atoms with Crippen molar-refractivity contribution in [1.29, 1.82) is 0 Å². The van der Waals surface area contributed by atoms with Gasteiger partial charge in [0.25, 0.3) is 0 Å². The van der Waals surface area contributed by atoms with Crippen LogP contribution in [0.25, 0.3) is 0 Å². The summed E-state index contributed by atoms with van der Waals surface area (Å²) in [5.74, 6) is 0.222. The van der Waals surface area contributed by atoms with E-state index in [-0.39, 0.29) is 25.7 Å². The summed E-state index contributed by atoms with van der Waals surface area (Å²) in [6.45, 7) is 11.9. The monoisotopic (exact) mass is 1490 g/mol. The van der Waals surface area contributed by atoms with Crippen molar-refractivity contribution in [3.63, 3.8) is 0 Å². The van der Waals surface area contributed by atoms with Gasteiger partial charge in [-0.25, -0.2) is 9.13 Å². The van der Waals surface area contributed by atoms with Crippen LogP contribution in [0.3, 0.4) is 0 Å². The average molecular weight is 1490 g/mol. The van der Waals surface area contributed by atoms with E-state index in [0.717, 1.165) is 127 Å². The lowest BCUT2D eigenvalue weighted by Gasteiger charge is -2.21. The van der Waals surface area contributed by atoms with Crippen LogP contribution in [0.1, 0.15) is 408 Å². The number of phosphoric ester groups is 2. The van der Waals surface area contributed by atoms with Crippen molar-refractivity contribution in [1.82, 2.24) is 0 Å². The Morgan fingerprint density at radius 1 is 0.324 bits per heavy atom. The number of ether oxygens (including phenoxy) is 4. The van der Waals surface area contributed by atoms with Crippen molar-refractivity contribution in [2.24, 2.45) is 17.8 Å². The third kappa shape index (κ3) is 74.4. The van der Waals surface area contributed by atoms with Crippen LogP contribution in [0.4, 0.5) is 0 Å². The van der Waals surface area contributed by atoms with Gasteiger partial charge >= 0.3 is 39.5 Å². The van der Waals surface area contributed by atoms with Crippen molar-refractivity contribution in [3.8, 4) is 0 Å². The quantitative estimate of drug-likeness (QED) is 0.0169. The molecule has 0 saturated heterocycles. The Labute approximate surface area is 624 Å². The SMILES string of the molecule is CCCCCC/C=C\C=C/CCCCCCCC(=O)OC[C@H](COP(=O)(O)OC[C@@H](O)COP(=O)(O)OC[C@@H](COC(=O)CCCCCCCCCCCC(C)C)OC(=O)CCCCCCCCCCCCC(C)C)OC(=O)CCCCCCCCCCCCCCCCCCCCC(C)CC. The molecule has 3 unspecified atom stereocenters. The molecule has 0 aliphatic rings. The number of hydrogen-bond acceptors (Lipinski definition) is 15. The van der Waals surface area contributed by atoms with Gasteiger partial charge < -0.3 is 33.8 Å². The number of aliphatic hydroxyl groups excluding tert-OH is 1. The summed E-state index contributed by atoms with van der Waals surface area (Å²) >= 11 is 0. The molecule has 0 spiro atoms. The lowest BCUT2D eigenvalue weighted by Crippen LogP contribution is -2.30. The van der Waals surface area contributed by atoms with Gasteiger partial charge in [0.2, 0.25) is 0 Å². The van der Waals surface area contributed by atoms with Crippen LogP contribution in [0, 0.1) is 17.8 Å². The number of carbonyl (C=O) groups is 4. The van der Waals surface area contributed by atoms with E-state index in [1.54, 1.807) is 0 Å². The summed E-state index contributed by atoms with van der Waals surface area (Å²) < 4.78 is 68.7. The molecule has 0 aromatic carbocycles. The maximum atomic E-state index is 13.1. The van der Waals surface area contributed by atoms with Crippen molar-refractivity contribution < 1.29 is 80.2 Å². The van der Waals surface area contributed by atoms with Crippen LogP contribution >= 0.6 is 15.6 Å². The Balaban J connectivity index is 5.26. The largest absolute Gasteiger partial charge is 0.472 e. The van der Waals surface area contributed by atoms with Crippen molar-refractivity contribution in [2.75, 3.05) is 39.6 Å². The van der Waals surface area contributed by atoms with E-state index in [4.69, 9.17) is 37.0 Å². The summed E-state index contributed by atoms with van der Waals surface area (Å²) in [6, 6.07) is 0. The number of unbranched alkanes of at least 4 members (excludes halogenated alkanes) is 43. The molecule has 0 aliphatic heterocycles. The first-order valence-corrected chi connectivity index (χ1v) is 45.2. The van der Waals surface area contributed by atoms with E-state index in [1.165, 1.54) is 199 Å². The first-order chi connectivity index (χ1) is 49.3. The zero-order chi connectivity index (χ0) is 75.1. The second kappa shape index (κ2) is 72.7. The predicted molar refractivity (Wildman–Crippen MR) is 418 cm³/mol. The molecular formula is C83H158O17P2. The van der Waals surface area contributed by atoms with Gasteiger partial charge in [0.1, 0.15) is 19.3 Å². The Morgan fingerprint density at radius 3 is 0.873 bits per heavy atom. The average Bonchev–Trinajstić information content (AvgIpc) is 0.912. The minimum atomic E-state index is -4.97. The third-order valence-electron chi connectivity index (χ3n) is 19.1. The molecule has 102 heavy (non-hydrogen) atoms. The van der Waals surface area contributed by atoms with Crippen LogP contribution in [0.15, 0.2) is 24.3 Å². The maximum Gasteiger partial charge on any atom is 0.472 e. The standard InChI is InChI=1S/C83H158O17P2/c1-8-10-11-12-13-14-15-16-21-25-28-36-43-50-57-64-80(85)93-70-78(99-82(87)66-59-52-45-37-29-26-23-20-18-17-19-22-24-27-35-42-49-56-63-76(7)9-2)72-97-101(89,90)95-68-77(84)69-96-102(91,92)98-73-79(71-94-81(86)65-58-51-44-39-32-34-41-48-55-62-75(5)6)100-83(88)67-60-53-46-38-31-30-33-40-47-54-61-74(3)4/h14-16,21,74-79,84H,8-13,17-20,22-73H2,1-7H3,(H,89,90)(H,91,92)/b15-14-,21-16-/t76?,77-,78-,79-/m1/s1. The highest BCUT2D eigenvalue weighted by Crippen LogP contribution is 2.45. The predicted octanol–water partition coefficient (Wildman–Crippen LogP) is 24.5. The van der Waals surface area contributed by atoms with Crippen molar-refractivity contribution in [3.05, 3.63) is 24.3 Å². The molecule has 0 fully saturated rings. The highest BCUT2D eigenvalue weighted by Gasteiger charge is 2.30. The van der Waals surface area contributed by atoms with Crippen LogP contribution in [-0.2, 0) is 65.4 Å².